The number of piperidine rings is 1. The van der Waals surface area contributed by atoms with Gasteiger partial charge in [0.15, 0.2) is 0 Å². The number of hydrogen-bond donors (Lipinski definition) is 2. The van der Waals surface area contributed by atoms with E-state index in [1.54, 1.807) is 6.92 Å². The third kappa shape index (κ3) is 4.62. The molecule has 0 aliphatic carbocycles. The normalized spacial score (nSPS) is 20.0. The van der Waals surface area contributed by atoms with E-state index in [9.17, 15) is 18.0 Å². The Morgan fingerprint density at radius 2 is 2.11 bits per heavy atom. The van der Waals surface area contributed by atoms with E-state index in [2.05, 4.69) is 22.7 Å². The molecule has 148 valence electrons. The minimum atomic E-state index is -4.43. The zero-order valence-electron chi connectivity index (χ0n) is 15.0. The Morgan fingerprint density at radius 1 is 1.37 bits per heavy atom. The number of alkyl halides is 3. The van der Waals surface area contributed by atoms with E-state index >= 15 is 0 Å². The van der Waals surface area contributed by atoms with Gasteiger partial charge in [0, 0.05) is 6.04 Å². The van der Waals surface area contributed by atoms with Gasteiger partial charge in [0.05, 0.1) is 28.7 Å². The van der Waals surface area contributed by atoms with Crippen LogP contribution in [0.25, 0.3) is 5.69 Å². The van der Waals surface area contributed by atoms with Crippen molar-refractivity contribution in [2.45, 2.75) is 32.5 Å². The molecule has 1 saturated heterocycles. The molecule has 0 bridgehead atoms. The number of amides is 1. The predicted octanol–water partition coefficient (Wildman–Crippen LogP) is 3.35. The van der Waals surface area contributed by atoms with Gasteiger partial charge in [-0.3, -0.25) is 4.79 Å². The number of nitrogens with one attached hydrogen (secondary N) is 2. The zero-order valence-corrected chi connectivity index (χ0v) is 15.8. The van der Waals surface area contributed by atoms with Crippen molar-refractivity contribution in [1.29, 1.82) is 0 Å². The number of benzene rings is 1. The Bertz CT molecular complexity index is 806. The van der Waals surface area contributed by atoms with Crippen LogP contribution in [0.3, 0.4) is 0 Å². The first-order valence-electron chi connectivity index (χ1n) is 8.51. The number of nitrogens with zero attached hydrogens (tertiary/aromatic N) is 2. The molecule has 2 aromatic rings. The first-order chi connectivity index (χ1) is 12.3. The number of rotatable bonds is 3. The summed E-state index contributed by atoms with van der Waals surface area (Å²) >= 11 is 0. The second-order valence-electron chi connectivity index (χ2n) is 6.65. The van der Waals surface area contributed by atoms with Crippen molar-refractivity contribution in [3.05, 3.63) is 47.3 Å². The van der Waals surface area contributed by atoms with Gasteiger partial charge in [0.2, 0.25) is 0 Å². The lowest BCUT2D eigenvalue weighted by Gasteiger charge is -2.30. The minimum Gasteiger partial charge on any atom is -0.349 e. The van der Waals surface area contributed by atoms with Gasteiger partial charge >= 0.3 is 6.18 Å². The van der Waals surface area contributed by atoms with Crippen LogP contribution in [0, 0.1) is 12.8 Å². The summed E-state index contributed by atoms with van der Waals surface area (Å²) in [5.74, 6) is 0.0611. The van der Waals surface area contributed by atoms with Crippen LogP contribution in [0.2, 0.25) is 0 Å². The van der Waals surface area contributed by atoms with E-state index in [0.717, 1.165) is 31.6 Å². The van der Waals surface area contributed by atoms with Crippen molar-refractivity contribution in [2.24, 2.45) is 5.92 Å². The molecule has 0 spiro atoms. The maximum absolute atomic E-state index is 12.9. The van der Waals surface area contributed by atoms with Crippen LogP contribution >= 0.6 is 12.4 Å². The molecule has 1 fully saturated rings. The van der Waals surface area contributed by atoms with E-state index in [1.165, 1.54) is 23.0 Å². The van der Waals surface area contributed by atoms with Crippen molar-refractivity contribution in [3.63, 3.8) is 0 Å². The minimum absolute atomic E-state index is 0. The number of carbonyl (C=O) groups is 1. The second-order valence-corrected chi connectivity index (χ2v) is 6.65. The van der Waals surface area contributed by atoms with Crippen molar-refractivity contribution in [2.75, 3.05) is 13.1 Å². The van der Waals surface area contributed by atoms with Gasteiger partial charge in [-0.15, -0.1) is 12.4 Å². The highest BCUT2D eigenvalue weighted by Crippen LogP contribution is 2.30. The molecule has 2 heterocycles. The van der Waals surface area contributed by atoms with Crippen LogP contribution in [0.1, 0.15) is 35.0 Å². The summed E-state index contributed by atoms with van der Waals surface area (Å²) in [5.41, 5.74) is 0.391. The van der Waals surface area contributed by atoms with E-state index in [1.807, 2.05) is 0 Å². The van der Waals surface area contributed by atoms with E-state index in [-0.39, 0.29) is 30.0 Å². The summed E-state index contributed by atoms with van der Waals surface area (Å²) in [6.07, 6.45) is -2.19. The van der Waals surface area contributed by atoms with Gasteiger partial charge in [-0.25, -0.2) is 4.68 Å². The quantitative estimate of drug-likeness (QED) is 0.827. The van der Waals surface area contributed by atoms with Crippen LogP contribution in [0.15, 0.2) is 30.5 Å². The fourth-order valence-electron chi connectivity index (χ4n) is 3.18. The molecule has 1 aromatic carbocycles. The van der Waals surface area contributed by atoms with E-state index in [0.29, 0.717) is 17.2 Å². The molecule has 1 aromatic heterocycles. The van der Waals surface area contributed by atoms with E-state index in [4.69, 9.17) is 0 Å². The summed E-state index contributed by atoms with van der Waals surface area (Å²) in [5, 5.41) is 10.4. The van der Waals surface area contributed by atoms with Gasteiger partial charge in [-0.1, -0.05) is 13.0 Å². The van der Waals surface area contributed by atoms with Crippen LogP contribution in [0.5, 0.6) is 0 Å². The van der Waals surface area contributed by atoms with Crippen molar-refractivity contribution >= 4 is 18.3 Å². The van der Waals surface area contributed by atoms with Crippen LogP contribution in [-0.4, -0.2) is 34.8 Å². The van der Waals surface area contributed by atoms with E-state index < -0.39 is 11.7 Å². The lowest BCUT2D eigenvalue weighted by atomic mass is 9.95. The fourth-order valence-corrected chi connectivity index (χ4v) is 3.18. The van der Waals surface area contributed by atoms with Crippen LogP contribution in [-0.2, 0) is 6.18 Å². The molecule has 3 rings (SSSR count). The summed E-state index contributed by atoms with van der Waals surface area (Å²) in [7, 11) is 0. The highest BCUT2D eigenvalue weighted by atomic mass is 35.5. The smallest absolute Gasteiger partial charge is 0.349 e. The van der Waals surface area contributed by atoms with Crippen LogP contribution < -0.4 is 10.6 Å². The Morgan fingerprint density at radius 3 is 2.78 bits per heavy atom. The summed E-state index contributed by atoms with van der Waals surface area (Å²) in [4.78, 5) is 12.6. The zero-order chi connectivity index (χ0) is 18.9. The summed E-state index contributed by atoms with van der Waals surface area (Å²) in [6.45, 7) is 5.43. The van der Waals surface area contributed by atoms with Gasteiger partial charge in [-0.05, 0) is 50.6 Å². The topological polar surface area (TPSA) is 59.0 Å². The van der Waals surface area contributed by atoms with Crippen molar-refractivity contribution in [1.82, 2.24) is 20.4 Å². The largest absolute Gasteiger partial charge is 0.416 e. The molecule has 0 saturated carbocycles. The summed E-state index contributed by atoms with van der Waals surface area (Å²) in [6, 6.07) is 4.96. The molecule has 2 atom stereocenters. The third-order valence-electron chi connectivity index (χ3n) is 4.77. The van der Waals surface area contributed by atoms with Gasteiger partial charge in [0.1, 0.15) is 0 Å². The standard InChI is InChI=1S/C18H21F3N4O.ClH/c1-11-9-22-7-6-16(11)24-17(26)15-10-23-25(12(15)2)14-5-3-4-13(8-14)18(19,20)21;/h3-5,8,10-11,16,22H,6-7,9H2,1-2H3,(H,24,26);1H. The lowest BCUT2D eigenvalue weighted by Crippen LogP contribution is -2.48. The molecule has 9 heteroatoms. The summed E-state index contributed by atoms with van der Waals surface area (Å²) < 4.78 is 40.1. The van der Waals surface area contributed by atoms with Crippen molar-refractivity contribution < 1.29 is 18.0 Å². The number of aromatic nitrogens is 2. The number of halogens is 4. The van der Waals surface area contributed by atoms with Crippen molar-refractivity contribution in [3.8, 4) is 5.69 Å². The van der Waals surface area contributed by atoms with Gasteiger partial charge in [-0.2, -0.15) is 18.3 Å². The molecule has 27 heavy (non-hydrogen) atoms. The average Bonchev–Trinajstić information content (AvgIpc) is 2.98. The highest BCUT2D eigenvalue weighted by Gasteiger charge is 2.31. The molecule has 1 aliphatic heterocycles. The maximum Gasteiger partial charge on any atom is 0.416 e. The maximum atomic E-state index is 12.9. The Hall–Kier alpha value is -2.06. The van der Waals surface area contributed by atoms with Gasteiger partial charge < -0.3 is 10.6 Å². The predicted molar refractivity (Wildman–Crippen MR) is 98.5 cm³/mol. The first kappa shape index (κ1) is 21.2. The molecule has 1 aliphatic rings. The molecular formula is C18H22ClF3N4O. The molecule has 5 nitrogen and oxygen atoms in total. The first-order valence-corrected chi connectivity index (χ1v) is 8.51. The second kappa shape index (κ2) is 8.31. The SMILES string of the molecule is Cc1c(C(=O)NC2CCNCC2C)cnn1-c1cccc(C(F)(F)F)c1.Cl. The lowest BCUT2D eigenvalue weighted by molar-refractivity contribution is -0.137. The Balaban J connectivity index is 0.00000261. The molecular weight excluding hydrogens is 381 g/mol. The Kier molecular flexibility index (Phi) is 6.54. The van der Waals surface area contributed by atoms with Gasteiger partial charge in [0.25, 0.3) is 5.91 Å². The highest BCUT2D eigenvalue weighted by molar-refractivity contribution is 5.95. The molecule has 2 N–H and O–H groups in total. The monoisotopic (exact) mass is 402 g/mol. The molecule has 0 radical (unpaired) electrons. The third-order valence-corrected chi connectivity index (χ3v) is 4.77. The number of carbonyl (C=O) groups excluding carboxylic acids is 1. The molecule has 1 amide bonds. The average molecular weight is 403 g/mol. The molecule has 2 unspecified atom stereocenters. The Labute approximate surface area is 161 Å². The van der Waals surface area contributed by atoms with Crippen LogP contribution in [0.4, 0.5) is 13.2 Å². The number of hydrogen-bond acceptors (Lipinski definition) is 3. The fraction of sp³-hybridized carbons (Fsp3) is 0.444.